The minimum absolute atomic E-state index is 0.0848. The largest absolute Gasteiger partial charge is 0.352 e. The second-order valence-corrected chi connectivity index (χ2v) is 8.54. The van der Waals surface area contributed by atoms with Crippen molar-refractivity contribution < 1.29 is 4.79 Å². The number of pyridine rings is 2. The Kier molecular flexibility index (Phi) is 4.91. The van der Waals surface area contributed by atoms with E-state index in [1.54, 1.807) is 12.4 Å². The molecule has 0 saturated heterocycles. The average molecular weight is 434 g/mol. The Morgan fingerprint density at radius 1 is 0.848 bits per heavy atom. The van der Waals surface area contributed by atoms with E-state index >= 15 is 0 Å². The molecular weight excluding hydrogens is 410 g/mol. The molecule has 6 heteroatoms. The van der Waals surface area contributed by atoms with Crippen LogP contribution in [0.4, 0.5) is 0 Å². The van der Waals surface area contributed by atoms with Gasteiger partial charge in [0.1, 0.15) is 11.0 Å². The van der Waals surface area contributed by atoms with Crippen molar-refractivity contribution in [3.8, 4) is 0 Å². The van der Waals surface area contributed by atoms with Gasteiger partial charge in [-0.25, -0.2) is 9.97 Å². The summed E-state index contributed by atoms with van der Waals surface area (Å²) in [5, 5.41) is 5.05. The summed E-state index contributed by atoms with van der Waals surface area (Å²) in [6, 6.07) is 13.4. The zero-order valence-electron chi connectivity index (χ0n) is 18.2. The molecule has 1 aliphatic carbocycles. The van der Waals surface area contributed by atoms with Gasteiger partial charge in [-0.15, -0.1) is 0 Å². The van der Waals surface area contributed by atoms with Crippen molar-refractivity contribution in [3.05, 3.63) is 72.1 Å². The number of hydrogen-bond acceptors (Lipinski definition) is 5. The highest BCUT2D eigenvalue weighted by Crippen LogP contribution is 2.31. The van der Waals surface area contributed by atoms with Gasteiger partial charge >= 0.3 is 0 Å². The van der Waals surface area contributed by atoms with Gasteiger partial charge in [0.15, 0.2) is 0 Å². The molecule has 6 nitrogen and oxygen atoms in total. The lowest BCUT2D eigenvalue weighted by Gasteiger charge is -2.13. The molecule has 33 heavy (non-hydrogen) atoms. The summed E-state index contributed by atoms with van der Waals surface area (Å²) in [5.41, 5.74) is 6.47. The summed E-state index contributed by atoms with van der Waals surface area (Å²) in [7, 11) is 0. The lowest BCUT2D eigenvalue weighted by atomic mass is 9.97. The Bertz CT molecular complexity index is 1570. The number of nitrogens with one attached hydrogen (secondary N) is 1. The van der Waals surface area contributed by atoms with Crippen molar-refractivity contribution >= 4 is 49.8 Å². The monoisotopic (exact) mass is 433 g/mol. The van der Waals surface area contributed by atoms with Crippen LogP contribution in [0.25, 0.3) is 43.9 Å². The zero-order chi connectivity index (χ0) is 22.2. The molecule has 0 saturated carbocycles. The predicted octanol–water partition coefficient (Wildman–Crippen LogP) is 5.50. The number of hydrogen-bond donors (Lipinski definition) is 1. The summed E-state index contributed by atoms with van der Waals surface area (Å²) in [4.78, 5) is 31.7. The van der Waals surface area contributed by atoms with Gasteiger partial charge in [0.05, 0.1) is 22.1 Å². The van der Waals surface area contributed by atoms with Crippen LogP contribution in [0.15, 0.2) is 66.5 Å². The van der Waals surface area contributed by atoms with Crippen molar-refractivity contribution in [2.24, 2.45) is 0 Å². The number of fused-ring (bicyclic) bond motifs is 7. The minimum atomic E-state index is -0.0848. The van der Waals surface area contributed by atoms with Crippen LogP contribution in [0, 0.1) is 0 Å². The molecule has 5 aromatic rings. The number of benzene rings is 2. The highest BCUT2D eigenvalue weighted by atomic mass is 16.1. The maximum absolute atomic E-state index is 12.8. The Labute approximate surface area is 190 Å². The SMILES string of the molecule is O=C(NCCC1=CCCCC1)c1ccc2nc3c4ncccc4c4cccnc4c3nc2c1. The first kappa shape index (κ1) is 19.7. The molecule has 0 atom stereocenters. The maximum Gasteiger partial charge on any atom is 0.251 e. The van der Waals surface area contributed by atoms with Crippen molar-refractivity contribution in [2.75, 3.05) is 6.54 Å². The molecule has 0 bridgehead atoms. The van der Waals surface area contributed by atoms with E-state index in [2.05, 4.69) is 21.4 Å². The van der Waals surface area contributed by atoms with E-state index in [0.717, 1.165) is 52.1 Å². The Balaban J connectivity index is 1.39. The van der Waals surface area contributed by atoms with Crippen LogP contribution in [0.5, 0.6) is 0 Å². The summed E-state index contributed by atoms with van der Waals surface area (Å²) in [6.07, 6.45) is 11.6. The third-order valence-electron chi connectivity index (χ3n) is 6.40. The number of nitrogens with zero attached hydrogens (tertiary/aromatic N) is 4. The van der Waals surface area contributed by atoms with Crippen LogP contribution in [0.1, 0.15) is 42.5 Å². The summed E-state index contributed by atoms with van der Waals surface area (Å²) < 4.78 is 0. The Morgan fingerprint density at radius 3 is 2.27 bits per heavy atom. The van der Waals surface area contributed by atoms with Gasteiger partial charge in [0, 0.05) is 35.3 Å². The van der Waals surface area contributed by atoms with Gasteiger partial charge in [-0.2, -0.15) is 0 Å². The molecule has 0 unspecified atom stereocenters. The fourth-order valence-electron chi connectivity index (χ4n) is 4.72. The van der Waals surface area contributed by atoms with Gasteiger partial charge in [0.25, 0.3) is 5.91 Å². The highest BCUT2D eigenvalue weighted by Gasteiger charge is 2.15. The third-order valence-corrected chi connectivity index (χ3v) is 6.40. The van der Waals surface area contributed by atoms with Crippen molar-refractivity contribution in [1.29, 1.82) is 0 Å². The van der Waals surface area contributed by atoms with Crippen molar-refractivity contribution in [1.82, 2.24) is 25.3 Å². The molecule has 0 radical (unpaired) electrons. The second kappa shape index (κ2) is 8.20. The smallest absolute Gasteiger partial charge is 0.251 e. The van der Waals surface area contributed by atoms with Crippen LogP contribution < -0.4 is 5.32 Å². The van der Waals surface area contributed by atoms with E-state index in [1.807, 2.05) is 42.5 Å². The molecule has 0 fully saturated rings. The van der Waals surface area contributed by atoms with E-state index in [1.165, 1.54) is 18.4 Å². The number of aromatic nitrogens is 4. The van der Waals surface area contributed by atoms with E-state index in [9.17, 15) is 4.79 Å². The predicted molar refractivity (Wildman–Crippen MR) is 131 cm³/mol. The van der Waals surface area contributed by atoms with Gasteiger partial charge in [-0.05, 0) is 62.4 Å². The summed E-state index contributed by atoms with van der Waals surface area (Å²) in [6.45, 7) is 0.651. The fourth-order valence-corrected chi connectivity index (χ4v) is 4.72. The molecule has 1 aliphatic rings. The maximum atomic E-state index is 12.8. The number of rotatable bonds is 4. The van der Waals surface area contributed by atoms with Gasteiger partial charge < -0.3 is 5.32 Å². The Hall–Kier alpha value is -3.93. The first-order chi connectivity index (χ1) is 16.3. The Morgan fingerprint density at radius 2 is 1.58 bits per heavy atom. The number of allylic oxidation sites excluding steroid dienone is 1. The third kappa shape index (κ3) is 3.57. The second-order valence-electron chi connectivity index (χ2n) is 8.54. The molecule has 1 amide bonds. The van der Waals surface area contributed by atoms with E-state index < -0.39 is 0 Å². The number of amides is 1. The van der Waals surface area contributed by atoms with Crippen LogP contribution >= 0.6 is 0 Å². The first-order valence-corrected chi connectivity index (χ1v) is 11.5. The average Bonchev–Trinajstić information content (AvgIpc) is 2.88. The molecule has 6 rings (SSSR count). The molecule has 1 N–H and O–H groups in total. The summed E-state index contributed by atoms with van der Waals surface area (Å²) >= 11 is 0. The van der Waals surface area contributed by atoms with Crippen LogP contribution in [0.2, 0.25) is 0 Å². The van der Waals surface area contributed by atoms with E-state index in [0.29, 0.717) is 23.1 Å². The zero-order valence-corrected chi connectivity index (χ0v) is 18.2. The van der Waals surface area contributed by atoms with Crippen LogP contribution in [-0.2, 0) is 0 Å². The molecular formula is C27H23N5O. The molecule has 0 aliphatic heterocycles. The molecule has 2 aromatic carbocycles. The minimum Gasteiger partial charge on any atom is -0.352 e. The topological polar surface area (TPSA) is 80.7 Å². The first-order valence-electron chi connectivity index (χ1n) is 11.5. The highest BCUT2D eigenvalue weighted by molar-refractivity contribution is 6.21. The molecule has 3 aromatic heterocycles. The normalized spacial score (nSPS) is 14.1. The molecule has 162 valence electrons. The van der Waals surface area contributed by atoms with E-state index in [4.69, 9.17) is 9.97 Å². The number of carbonyl (C=O) groups excluding carboxylic acids is 1. The quantitative estimate of drug-likeness (QED) is 0.230. The molecule has 3 heterocycles. The lowest BCUT2D eigenvalue weighted by molar-refractivity contribution is 0.0954. The summed E-state index contributed by atoms with van der Waals surface area (Å²) in [5.74, 6) is -0.0848. The van der Waals surface area contributed by atoms with Crippen molar-refractivity contribution in [2.45, 2.75) is 32.1 Å². The van der Waals surface area contributed by atoms with Gasteiger partial charge in [0.2, 0.25) is 0 Å². The van der Waals surface area contributed by atoms with Gasteiger partial charge in [-0.3, -0.25) is 14.8 Å². The van der Waals surface area contributed by atoms with Crippen LogP contribution in [-0.4, -0.2) is 32.4 Å². The fraction of sp³-hybridized carbons (Fsp3) is 0.222. The number of carbonyl (C=O) groups is 1. The molecule has 0 spiro atoms. The standard InChI is InChI=1S/C27H23N5O/c33-27(30-15-12-17-6-2-1-3-7-17)18-10-11-21-22(16-18)32-26-24-20(9-5-14-29-24)19-8-4-13-28-23(19)25(26)31-21/h4-6,8-11,13-14,16H,1-3,7,12,15H2,(H,30,33). The van der Waals surface area contributed by atoms with E-state index in [-0.39, 0.29) is 5.91 Å². The van der Waals surface area contributed by atoms with Crippen molar-refractivity contribution in [3.63, 3.8) is 0 Å². The lowest BCUT2D eigenvalue weighted by Crippen LogP contribution is -2.24. The van der Waals surface area contributed by atoms with Crippen LogP contribution in [0.3, 0.4) is 0 Å². The van der Waals surface area contributed by atoms with Gasteiger partial charge in [-0.1, -0.05) is 23.8 Å².